The molecule has 0 aliphatic carbocycles. The molecule has 0 saturated carbocycles. The number of hydrogen-bond acceptors (Lipinski definition) is 4. The van der Waals surface area contributed by atoms with Gasteiger partial charge < -0.3 is 10.5 Å². The molecule has 0 spiro atoms. The van der Waals surface area contributed by atoms with Crippen molar-refractivity contribution < 1.29 is 4.74 Å². The molecule has 1 aromatic rings. The van der Waals surface area contributed by atoms with Gasteiger partial charge in [0.1, 0.15) is 0 Å². The molecule has 1 aliphatic heterocycles. The van der Waals surface area contributed by atoms with Crippen molar-refractivity contribution in [2.24, 2.45) is 12.8 Å². The predicted molar refractivity (Wildman–Crippen MR) is 76.1 cm³/mol. The third kappa shape index (κ3) is 2.83. The maximum Gasteiger partial charge on any atom is 0.0850 e. The summed E-state index contributed by atoms with van der Waals surface area (Å²) >= 11 is 0. The number of nitrogens with zero attached hydrogens (tertiary/aromatic N) is 3. The molecule has 3 unspecified atom stereocenters. The van der Waals surface area contributed by atoms with Crippen LogP contribution in [0.2, 0.25) is 0 Å². The van der Waals surface area contributed by atoms with Crippen molar-refractivity contribution in [3.05, 3.63) is 17.0 Å². The average molecular weight is 266 g/mol. The van der Waals surface area contributed by atoms with Gasteiger partial charge in [-0.3, -0.25) is 9.58 Å². The fourth-order valence-corrected chi connectivity index (χ4v) is 2.94. The molecule has 3 atom stereocenters. The van der Waals surface area contributed by atoms with Gasteiger partial charge in [0, 0.05) is 43.5 Å². The molecule has 108 valence electrons. The second-order valence-electron chi connectivity index (χ2n) is 5.65. The van der Waals surface area contributed by atoms with E-state index in [-0.39, 0.29) is 12.1 Å². The average Bonchev–Trinajstić information content (AvgIpc) is 2.62. The van der Waals surface area contributed by atoms with Crippen LogP contribution in [0.3, 0.4) is 0 Å². The topological polar surface area (TPSA) is 56.3 Å². The molecule has 2 rings (SSSR count). The Morgan fingerprint density at radius 1 is 1.37 bits per heavy atom. The first-order valence-corrected chi connectivity index (χ1v) is 7.03. The van der Waals surface area contributed by atoms with Gasteiger partial charge in [0.05, 0.1) is 18.4 Å². The summed E-state index contributed by atoms with van der Waals surface area (Å²) in [7, 11) is 2.00. The van der Waals surface area contributed by atoms with E-state index in [1.807, 2.05) is 18.7 Å². The van der Waals surface area contributed by atoms with Crippen molar-refractivity contribution in [1.82, 2.24) is 14.7 Å². The summed E-state index contributed by atoms with van der Waals surface area (Å²) in [6.45, 7) is 11.1. The summed E-state index contributed by atoms with van der Waals surface area (Å²) in [4.78, 5) is 2.45. The van der Waals surface area contributed by atoms with E-state index in [0.717, 1.165) is 25.4 Å². The fourth-order valence-electron chi connectivity index (χ4n) is 2.94. The lowest BCUT2D eigenvalue weighted by atomic mass is 10.0. The Morgan fingerprint density at radius 2 is 2.05 bits per heavy atom. The largest absolute Gasteiger partial charge is 0.374 e. The van der Waals surface area contributed by atoms with Crippen LogP contribution in [-0.2, 0) is 11.8 Å². The lowest BCUT2D eigenvalue weighted by Gasteiger charge is -2.38. The molecular weight excluding hydrogens is 240 g/mol. The third-order valence-electron chi connectivity index (χ3n) is 4.24. The molecule has 19 heavy (non-hydrogen) atoms. The maximum atomic E-state index is 5.96. The molecule has 1 saturated heterocycles. The van der Waals surface area contributed by atoms with Crippen molar-refractivity contribution >= 4 is 0 Å². The number of aromatic nitrogens is 2. The van der Waals surface area contributed by atoms with Gasteiger partial charge in [-0.2, -0.15) is 5.10 Å². The molecule has 0 bridgehead atoms. The molecule has 2 heterocycles. The highest BCUT2D eigenvalue weighted by Gasteiger charge is 2.29. The monoisotopic (exact) mass is 266 g/mol. The van der Waals surface area contributed by atoms with Crippen LogP contribution in [0.15, 0.2) is 0 Å². The zero-order valence-corrected chi connectivity index (χ0v) is 12.7. The lowest BCUT2D eigenvalue weighted by Crippen LogP contribution is -2.50. The van der Waals surface area contributed by atoms with Gasteiger partial charge in [-0.15, -0.1) is 0 Å². The standard InChI is InChI=1S/C14H26N4O/c1-9(15)13-8-18(6-7-19-13)12(4)14-10(2)16-17(5)11(14)3/h9,12-13H,6-8,15H2,1-5H3. The van der Waals surface area contributed by atoms with Gasteiger partial charge in [-0.25, -0.2) is 0 Å². The zero-order chi connectivity index (χ0) is 14.2. The van der Waals surface area contributed by atoms with Crippen molar-refractivity contribution in [2.45, 2.75) is 45.9 Å². The highest BCUT2D eigenvalue weighted by Crippen LogP contribution is 2.27. The van der Waals surface area contributed by atoms with E-state index in [1.54, 1.807) is 0 Å². The minimum absolute atomic E-state index is 0.0751. The minimum atomic E-state index is 0.0751. The highest BCUT2D eigenvalue weighted by atomic mass is 16.5. The van der Waals surface area contributed by atoms with E-state index in [9.17, 15) is 0 Å². The molecule has 1 aromatic heterocycles. The van der Waals surface area contributed by atoms with Crippen LogP contribution in [-0.4, -0.2) is 46.5 Å². The Kier molecular flexibility index (Phi) is 4.28. The number of hydrogen-bond donors (Lipinski definition) is 1. The van der Waals surface area contributed by atoms with Gasteiger partial charge in [0.15, 0.2) is 0 Å². The molecule has 5 nitrogen and oxygen atoms in total. The molecule has 5 heteroatoms. The van der Waals surface area contributed by atoms with Crippen molar-refractivity contribution in [2.75, 3.05) is 19.7 Å². The van der Waals surface area contributed by atoms with E-state index in [1.165, 1.54) is 11.3 Å². The third-order valence-corrected chi connectivity index (χ3v) is 4.24. The van der Waals surface area contributed by atoms with E-state index < -0.39 is 0 Å². The molecule has 0 amide bonds. The summed E-state index contributed by atoms with van der Waals surface area (Å²) in [5, 5.41) is 4.51. The number of morpholine rings is 1. The van der Waals surface area contributed by atoms with E-state index in [2.05, 4.69) is 30.8 Å². The van der Waals surface area contributed by atoms with Crippen LogP contribution in [0.4, 0.5) is 0 Å². The number of ether oxygens (including phenoxy) is 1. The van der Waals surface area contributed by atoms with Gasteiger partial charge in [0.2, 0.25) is 0 Å². The smallest absolute Gasteiger partial charge is 0.0850 e. The van der Waals surface area contributed by atoms with Crippen LogP contribution in [0, 0.1) is 13.8 Å². The molecular formula is C14H26N4O. The number of nitrogens with two attached hydrogens (primary N) is 1. The molecule has 0 aromatic carbocycles. The number of aryl methyl sites for hydroxylation is 2. The SMILES string of the molecule is Cc1nn(C)c(C)c1C(C)N1CCOC(C(C)N)C1. The van der Waals surface area contributed by atoms with Gasteiger partial charge >= 0.3 is 0 Å². The first kappa shape index (κ1) is 14.5. The summed E-state index contributed by atoms with van der Waals surface area (Å²) in [5.41, 5.74) is 9.67. The Morgan fingerprint density at radius 3 is 2.58 bits per heavy atom. The Labute approximate surface area is 115 Å². The lowest BCUT2D eigenvalue weighted by molar-refractivity contribution is -0.0499. The fraction of sp³-hybridized carbons (Fsp3) is 0.786. The van der Waals surface area contributed by atoms with E-state index >= 15 is 0 Å². The van der Waals surface area contributed by atoms with Gasteiger partial charge in [0.25, 0.3) is 0 Å². The summed E-state index contributed by atoms with van der Waals surface area (Å²) in [5.74, 6) is 0. The molecule has 1 aliphatic rings. The van der Waals surface area contributed by atoms with E-state index in [4.69, 9.17) is 10.5 Å². The second kappa shape index (κ2) is 5.61. The van der Waals surface area contributed by atoms with Crippen molar-refractivity contribution in [3.63, 3.8) is 0 Å². The minimum Gasteiger partial charge on any atom is -0.374 e. The Bertz CT molecular complexity index is 441. The summed E-state index contributed by atoms with van der Waals surface area (Å²) < 4.78 is 7.70. The van der Waals surface area contributed by atoms with E-state index in [0.29, 0.717) is 6.04 Å². The molecule has 2 N–H and O–H groups in total. The summed E-state index contributed by atoms with van der Waals surface area (Å²) in [6, 6.07) is 0.435. The van der Waals surface area contributed by atoms with Crippen LogP contribution in [0.5, 0.6) is 0 Å². The quantitative estimate of drug-likeness (QED) is 0.891. The van der Waals surface area contributed by atoms with Gasteiger partial charge in [-0.1, -0.05) is 0 Å². The Hall–Kier alpha value is -0.910. The van der Waals surface area contributed by atoms with Gasteiger partial charge in [-0.05, 0) is 27.7 Å². The molecule has 0 radical (unpaired) electrons. The van der Waals surface area contributed by atoms with Crippen molar-refractivity contribution in [3.8, 4) is 0 Å². The first-order chi connectivity index (χ1) is 8.91. The predicted octanol–water partition coefficient (Wildman–Crippen LogP) is 1.15. The maximum absolute atomic E-state index is 5.96. The van der Waals surface area contributed by atoms with Crippen LogP contribution >= 0.6 is 0 Å². The second-order valence-corrected chi connectivity index (χ2v) is 5.65. The van der Waals surface area contributed by atoms with Crippen molar-refractivity contribution in [1.29, 1.82) is 0 Å². The number of rotatable bonds is 3. The van der Waals surface area contributed by atoms with Crippen LogP contribution in [0.1, 0.15) is 36.8 Å². The highest BCUT2D eigenvalue weighted by molar-refractivity contribution is 5.27. The first-order valence-electron chi connectivity index (χ1n) is 7.03. The zero-order valence-electron chi connectivity index (χ0n) is 12.7. The van der Waals surface area contributed by atoms with Crippen LogP contribution in [0.25, 0.3) is 0 Å². The van der Waals surface area contributed by atoms with Crippen LogP contribution < -0.4 is 5.73 Å². The summed E-state index contributed by atoms with van der Waals surface area (Å²) in [6.07, 6.45) is 0.133. The normalized spacial score (nSPS) is 24.4. The Balaban J connectivity index is 2.17. The molecule has 1 fully saturated rings.